The summed E-state index contributed by atoms with van der Waals surface area (Å²) in [6, 6.07) is 16.6. The first-order valence-electron chi connectivity index (χ1n) is 9.92. The van der Waals surface area contributed by atoms with Gasteiger partial charge in [-0.05, 0) is 47.7 Å². The van der Waals surface area contributed by atoms with Crippen LogP contribution in [0.5, 0.6) is 11.5 Å². The normalized spacial score (nSPS) is 17.0. The van der Waals surface area contributed by atoms with Crippen LogP contribution in [0.25, 0.3) is 6.08 Å². The van der Waals surface area contributed by atoms with Crippen LogP contribution in [-0.2, 0) is 14.6 Å². The highest BCUT2D eigenvalue weighted by Gasteiger charge is 2.38. The van der Waals surface area contributed by atoms with Crippen molar-refractivity contribution < 1.29 is 22.7 Å². The van der Waals surface area contributed by atoms with Gasteiger partial charge in [0.15, 0.2) is 5.84 Å². The molecule has 4 rings (SSSR count). The number of aliphatic imine (C=N–C) groups is 1. The lowest BCUT2D eigenvalue weighted by Crippen LogP contribution is -2.35. The number of amidine groups is 2. The molecule has 0 radical (unpaired) electrons. The first-order chi connectivity index (χ1) is 15.8. The molecular formula is C22H20N4O5S2. The van der Waals surface area contributed by atoms with E-state index in [1.54, 1.807) is 24.3 Å². The second-order valence-electron chi connectivity index (χ2n) is 7.09. The van der Waals surface area contributed by atoms with Crippen molar-refractivity contribution in [3.05, 3.63) is 65.7 Å². The zero-order valence-corrected chi connectivity index (χ0v) is 19.2. The second-order valence-corrected chi connectivity index (χ2v) is 10.2. The van der Waals surface area contributed by atoms with Gasteiger partial charge < -0.3 is 9.47 Å². The Morgan fingerprint density at radius 2 is 1.67 bits per heavy atom. The molecule has 1 N–H and O–H groups in total. The van der Waals surface area contributed by atoms with Crippen LogP contribution in [0, 0.1) is 5.41 Å². The number of rotatable bonds is 7. The zero-order chi connectivity index (χ0) is 23.4. The minimum absolute atomic E-state index is 0.0181. The Morgan fingerprint density at radius 1 is 1.03 bits per heavy atom. The first-order valence-corrected chi connectivity index (χ1v) is 12.6. The molecule has 0 bridgehead atoms. The van der Waals surface area contributed by atoms with Gasteiger partial charge in [-0.25, -0.2) is 8.42 Å². The molecule has 2 aromatic carbocycles. The standard InChI is InChI=1S/C22H20N4O5S2/c1-33(28,29)22-25-26-19(23)18(20(27)24-21(26)32-22)14-15-8-10-17(11-9-15)31-13-5-12-30-16-6-3-2-4-7-16/h2-4,6-11,14,23H,5,12-13H2,1H3/b18-14+,23-19?. The number of benzene rings is 2. The topological polar surface area (TPSA) is 121 Å². The molecule has 9 nitrogen and oxygen atoms in total. The SMILES string of the molecule is CS(=O)(=O)C1=NN2C(=N)/C(=C\c3ccc(OCCCOc4ccccc4)cc3)C(=O)N=C2S1. The molecule has 0 saturated carbocycles. The number of nitrogens with zero attached hydrogens (tertiary/aromatic N) is 3. The number of carbonyl (C=O) groups is 1. The van der Waals surface area contributed by atoms with E-state index in [-0.39, 0.29) is 21.0 Å². The van der Waals surface area contributed by atoms with Crippen LogP contribution in [0.2, 0.25) is 0 Å². The van der Waals surface area contributed by atoms with E-state index in [0.29, 0.717) is 24.5 Å². The number of thioether (sulfide) groups is 1. The molecule has 0 unspecified atom stereocenters. The van der Waals surface area contributed by atoms with Crippen molar-refractivity contribution in [2.75, 3.05) is 19.5 Å². The van der Waals surface area contributed by atoms with Gasteiger partial charge in [0.25, 0.3) is 5.91 Å². The average molecular weight is 485 g/mol. The molecule has 2 aliphatic heterocycles. The fraction of sp³-hybridized carbons (Fsp3) is 0.182. The number of fused-ring (bicyclic) bond motifs is 1. The maximum absolute atomic E-state index is 12.4. The molecule has 11 heteroatoms. The Labute approximate surface area is 195 Å². The van der Waals surface area contributed by atoms with Crippen molar-refractivity contribution in [3.8, 4) is 11.5 Å². The van der Waals surface area contributed by atoms with Gasteiger partial charge in [0, 0.05) is 12.7 Å². The molecule has 2 heterocycles. The van der Waals surface area contributed by atoms with Crippen LogP contribution < -0.4 is 9.47 Å². The maximum atomic E-state index is 12.4. The lowest BCUT2D eigenvalue weighted by molar-refractivity contribution is -0.114. The number of hydrazone groups is 1. The second kappa shape index (κ2) is 9.59. The van der Waals surface area contributed by atoms with E-state index in [0.717, 1.165) is 35.2 Å². The predicted molar refractivity (Wildman–Crippen MR) is 128 cm³/mol. The molecular weight excluding hydrogens is 464 g/mol. The van der Waals surface area contributed by atoms with E-state index in [9.17, 15) is 13.2 Å². The highest BCUT2D eigenvalue weighted by atomic mass is 32.3. The Balaban J connectivity index is 1.35. The van der Waals surface area contributed by atoms with Crippen LogP contribution >= 0.6 is 11.8 Å². The van der Waals surface area contributed by atoms with Crippen molar-refractivity contribution in [1.29, 1.82) is 5.41 Å². The van der Waals surface area contributed by atoms with E-state index >= 15 is 0 Å². The van der Waals surface area contributed by atoms with Crippen LogP contribution in [0.4, 0.5) is 0 Å². The highest BCUT2D eigenvalue weighted by molar-refractivity contribution is 8.42. The number of hydrogen-bond donors (Lipinski definition) is 1. The summed E-state index contributed by atoms with van der Waals surface area (Å²) < 4.78 is 34.6. The van der Waals surface area contributed by atoms with Gasteiger partial charge in [-0.1, -0.05) is 30.3 Å². The number of ether oxygens (including phenoxy) is 2. The van der Waals surface area contributed by atoms with Crippen molar-refractivity contribution >= 4 is 49.0 Å². The van der Waals surface area contributed by atoms with E-state index in [4.69, 9.17) is 14.9 Å². The number of nitrogens with one attached hydrogen (secondary N) is 1. The molecule has 0 spiro atoms. The molecule has 0 aliphatic carbocycles. The molecule has 0 saturated heterocycles. The van der Waals surface area contributed by atoms with Gasteiger partial charge in [-0.2, -0.15) is 10.0 Å². The summed E-state index contributed by atoms with van der Waals surface area (Å²) in [6.45, 7) is 1.03. The van der Waals surface area contributed by atoms with Crippen molar-refractivity contribution in [1.82, 2.24) is 5.01 Å². The smallest absolute Gasteiger partial charge is 0.283 e. The van der Waals surface area contributed by atoms with Crippen LogP contribution in [0.3, 0.4) is 0 Å². The molecule has 0 fully saturated rings. The summed E-state index contributed by atoms with van der Waals surface area (Å²) in [6.07, 6.45) is 3.25. The number of para-hydroxylation sites is 1. The maximum Gasteiger partial charge on any atom is 0.283 e. The van der Waals surface area contributed by atoms with E-state index in [2.05, 4.69) is 10.1 Å². The van der Waals surface area contributed by atoms with Crippen LogP contribution in [0.15, 0.2) is 70.3 Å². The van der Waals surface area contributed by atoms with Gasteiger partial charge in [-0.3, -0.25) is 10.2 Å². The molecule has 1 amide bonds. The average Bonchev–Trinajstić information content (AvgIpc) is 3.23. The third-order valence-corrected chi connectivity index (χ3v) is 7.09. The first kappa shape index (κ1) is 22.7. The zero-order valence-electron chi connectivity index (χ0n) is 17.6. The number of amides is 1. The van der Waals surface area contributed by atoms with Crippen LogP contribution in [-0.4, -0.2) is 54.2 Å². The van der Waals surface area contributed by atoms with Gasteiger partial charge in [0.2, 0.25) is 19.4 Å². The fourth-order valence-corrected chi connectivity index (χ4v) is 4.59. The molecule has 2 aromatic rings. The Morgan fingerprint density at radius 3 is 2.30 bits per heavy atom. The molecule has 0 aromatic heterocycles. The van der Waals surface area contributed by atoms with E-state index in [1.807, 2.05) is 30.3 Å². The minimum atomic E-state index is -3.57. The van der Waals surface area contributed by atoms with Crippen molar-refractivity contribution in [3.63, 3.8) is 0 Å². The minimum Gasteiger partial charge on any atom is -0.493 e. The summed E-state index contributed by atoms with van der Waals surface area (Å²) >= 11 is 0.753. The summed E-state index contributed by atoms with van der Waals surface area (Å²) in [5.74, 6) is 0.637. The van der Waals surface area contributed by atoms with E-state index < -0.39 is 15.7 Å². The van der Waals surface area contributed by atoms with Crippen LogP contribution in [0.1, 0.15) is 12.0 Å². The van der Waals surface area contributed by atoms with Crippen molar-refractivity contribution in [2.24, 2.45) is 10.1 Å². The third-order valence-electron chi connectivity index (χ3n) is 4.51. The summed E-state index contributed by atoms with van der Waals surface area (Å²) in [5.41, 5.74) is 0.685. The third kappa shape index (κ3) is 5.49. The van der Waals surface area contributed by atoms with Gasteiger partial charge in [-0.15, -0.1) is 5.10 Å². The predicted octanol–water partition coefficient (Wildman–Crippen LogP) is 3.16. The largest absolute Gasteiger partial charge is 0.493 e. The summed E-state index contributed by atoms with van der Waals surface area (Å²) in [7, 11) is -3.57. The Bertz CT molecular complexity index is 1270. The number of carbonyl (C=O) groups excluding carboxylic acids is 1. The summed E-state index contributed by atoms with van der Waals surface area (Å²) in [4.78, 5) is 16.3. The molecule has 0 atom stereocenters. The number of sulfone groups is 1. The Kier molecular flexibility index (Phi) is 6.61. The van der Waals surface area contributed by atoms with Gasteiger partial charge in [0.05, 0.1) is 18.8 Å². The molecule has 2 aliphatic rings. The monoisotopic (exact) mass is 484 g/mol. The highest BCUT2D eigenvalue weighted by Crippen LogP contribution is 2.30. The lowest BCUT2D eigenvalue weighted by Gasteiger charge is -2.20. The lowest BCUT2D eigenvalue weighted by atomic mass is 10.1. The molecule has 170 valence electrons. The van der Waals surface area contributed by atoms with E-state index in [1.165, 1.54) is 6.08 Å². The summed E-state index contributed by atoms with van der Waals surface area (Å²) in [5, 5.41) is 13.3. The van der Waals surface area contributed by atoms with Gasteiger partial charge in [0.1, 0.15) is 11.5 Å². The fourth-order valence-electron chi connectivity index (χ4n) is 2.91. The van der Waals surface area contributed by atoms with Crippen molar-refractivity contribution in [2.45, 2.75) is 6.42 Å². The quantitative estimate of drug-likeness (QED) is 0.473. The van der Waals surface area contributed by atoms with Gasteiger partial charge >= 0.3 is 0 Å². The number of hydrogen-bond acceptors (Lipinski definition) is 8. The molecule has 33 heavy (non-hydrogen) atoms. The Hall–Kier alpha value is -3.44.